The Balaban J connectivity index is 0.000000396. The number of rotatable bonds is 2. The molecule has 0 atom stereocenters. The molecule has 0 aliphatic rings. The Morgan fingerprint density at radius 1 is 1.27 bits per heavy atom. The number of hydrogen-bond donors (Lipinski definition) is 3. The normalized spacial score (nSPS) is 9.91. The van der Waals surface area contributed by atoms with E-state index in [2.05, 4.69) is 15.2 Å². The first-order chi connectivity index (χ1) is 10.5. The van der Waals surface area contributed by atoms with E-state index in [4.69, 9.17) is 31.7 Å². The van der Waals surface area contributed by atoms with Crippen molar-refractivity contribution in [2.75, 3.05) is 5.73 Å². The summed E-state index contributed by atoms with van der Waals surface area (Å²) in [5, 5.41) is 14.5. The molecule has 2 heterocycles. The number of benzene rings is 1. The number of nitrogen functional groups attached to an aromatic ring is 1. The molecule has 8 heteroatoms. The number of aliphatic carboxylic acids is 1. The quantitative estimate of drug-likeness (QED) is 0.667. The number of aromatic amines is 1. The monoisotopic (exact) mass is 320 g/mol. The van der Waals surface area contributed by atoms with E-state index in [9.17, 15) is 0 Å². The van der Waals surface area contributed by atoms with Gasteiger partial charge in [-0.05, 0) is 24.3 Å². The van der Waals surface area contributed by atoms with Crippen LogP contribution in [0.1, 0.15) is 6.92 Å². The van der Waals surface area contributed by atoms with Crippen molar-refractivity contribution in [2.24, 2.45) is 0 Å². The first-order valence-electron chi connectivity index (χ1n) is 6.20. The molecular formula is C14H13ClN4O3. The fraction of sp³-hybridized carbons (Fsp3) is 0.0714. The van der Waals surface area contributed by atoms with Gasteiger partial charge in [-0.3, -0.25) is 9.89 Å². The maximum atomic E-state index is 9.00. The summed E-state index contributed by atoms with van der Waals surface area (Å²) in [5.74, 6) is 1.08. The fourth-order valence-electron chi connectivity index (χ4n) is 1.66. The highest BCUT2D eigenvalue weighted by Crippen LogP contribution is 2.31. The molecule has 0 bridgehead atoms. The number of nitrogens with zero attached hydrogens (tertiary/aromatic N) is 2. The Hall–Kier alpha value is -2.80. The average Bonchev–Trinajstić information content (AvgIpc) is 3.07. The third-order valence-electron chi connectivity index (χ3n) is 2.48. The van der Waals surface area contributed by atoms with Crippen LogP contribution in [-0.2, 0) is 4.79 Å². The highest BCUT2D eigenvalue weighted by molar-refractivity contribution is 6.33. The minimum Gasteiger partial charge on any atom is -0.481 e. The van der Waals surface area contributed by atoms with E-state index >= 15 is 0 Å². The Kier molecular flexibility index (Phi) is 4.80. The van der Waals surface area contributed by atoms with Gasteiger partial charge in [-0.1, -0.05) is 23.7 Å². The smallest absolute Gasteiger partial charge is 0.300 e. The van der Waals surface area contributed by atoms with Gasteiger partial charge < -0.3 is 15.3 Å². The summed E-state index contributed by atoms with van der Waals surface area (Å²) in [6.07, 6.45) is 0. The summed E-state index contributed by atoms with van der Waals surface area (Å²) in [6.45, 7) is 1.08. The van der Waals surface area contributed by atoms with Crippen molar-refractivity contribution in [1.82, 2.24) is 15.2 Å². The molecule has 0 saturated heterocycles. The number of aromatic nitrogens is 3. The van der Waals surface area contributed by atoms with Crippen LogP contribution in [0.2, 0.25) is 5.02 Å². The van der Waals surface area contributed by atoms with E-state index in [0.717, 1.165) is 12.5 Å². The number of furan rings is 1. The van der Waals surface area contributed by atoms with Crippen molar-refractivity contribution in [3.05, 3.63) is 41.4 Å². The lowest BCUT2D eigenvalue weighted by Gasteiger charge is -1.99. The Labute approximate surface area is 130 Å². The zero-order valence-corrected chi connectivity index (χ0v) is 12.3. The third kappa shape index (κ3) is 3.86. The maximum Gasteiger partial charge on any atom is 0.300 e. The number of halogens is 1. The molecule has 0 saturated carbocycles. The van der Waals surface area contributed by atoms with Crippen LogP contribution in [0.25, 0.3) is 22.9 Å². The number of anilines is 1. The van der Waals surface area contributed by atoms with E-state index in [1.807, 2.05) is 30.3 Å². The molecule has 0 spiro atoms. The second kappa shape index (κ2) is 6.77. The maximum absolute atomic E-state index is 9.00. The topological polar surface area (TPSA) is 118 Å². The molecule has 0 aliphatic carbocycles. The van der Waals surface area contributed by atoms with Crippen LogP contribution in [0.5, 0.6) is 0 Å². The van der Waals surface area contributed by atoms with Crippen LogP contribution in [0.3, 0.4) is 0 Å². The molecule has 0 unspecified atom stereocenters. The van der Waals surface area contributed by atoms with Crippen molar-refractivity contribution in [1.29, 1.82) is 0 Å². The number of carboxylic acid groups (broad SMARTS) is 1. The number of nitrogens with one attached hydrogen (secondary N) is 1. The lowest BCUT2D eigenvalue weighted by atomic mass is 10.2. The second-order valence-electron chi connectivity index (χ2n) is 4.20. The number of hydrogen-bond acceptors (Lipinski definition) is 5. The highest BCUT2D eigenvalue weighted by Gasteiger charge is 2.11. The molecule has 0 aliphatic heterocycles. The summed E-state index contributed by atoms with van der Waals surface area (Å²) in [4.78, 5) is 13.0. The molecule has 1 aromatic carbocycles. The SMILES string of the molecule is CC(=O)O.Nc1n[nH]c(-c2ccc(-c3ccccc3Cl)o2)n1. The first-order valence-corrected chi connectivity index (χ1v) is 6.57. The van der Waals surface area contributed by atoms with Crippen LogP contribution in [0, 0.1) is 0 Å². The van der Waals surface area contributed by atoms with Gasteiger partial charge >= 0.3 is 0 Å². The molecule has 4 N–H and O–H groups in total. The van der Waals surface area contributed by atoms with Gasteiger partial charge in [0, 0.05) is 12.5 Å². The number of nitrogens with two attached hydrogens (primary N) is 1. The summed E-state index contributed by atoms with van der Waals surface area (Å²) in [5.41, 5.74) is 6.27. The van der Waals surface area contributed by atoms with Gasteiger partial charge in [0.1, 0.15) is 5.76 Å². The Morgan fingerprint density at radius 3 is 2.50 bits per heavy atom. The first kappa shape index (κ1) is 15.6. The third-order valence-corrected chi connectivity index (χ3v) is 2.81. The van der Waals surface area contributed by atoms with E-state index < -0.39 is 5.97 Å². The lowest BCUT2D eigenvalue weighted by molar-refractivity contribution is -0.134. The van der Waals surface area contributed by atoms with Gasteiger partial charge in [-0.25, -0.2) is 0 Å². The number of carbonyl (C=O) groups is 1. The zero-order valence-electron chi connectivity index (χ0n) is 11.6. The standard InChI is InChI=1S/C12H9ClN4O.C2H4O2/c13-8-4-2-1-3-7(8)9-5-6-10(18-9)11-15-12(14)17-16-11;1-2(3)4/h1-6H,(H3,14,15,16,17);1H3,(H,3,4). The van der Waals surface area contributed by atoms with Crippen molar-refractivity contribution >= 4 is 23.5 Å². The molecule has 22 heavy (non-hydrogen) atoms. The Bertz CT molecular complexity index is 778. The molecule has 3 aromatic rings. The molecule has 0 amide bonds. The molecular weight excluding hydrogens is 308 g/mol. The van der Waals surface area contributed by atoms with Gasteiger partial charge in [0.25, 0.3) is 5.97 Å². The molecule has 114 valence electrons. The van der Waals surface area contributed by atoms with Crippen LogP contribution >= 0.6 is 11.6 Å². The largest absolute Gasteiger partial charge is 0.481 e. The van der Waals surface area contributed by atoms with Crippen molar-refractivity contribution in [3.8, 4) is 22.9 Å². The van der Waals surface area contributed by atoms with Gasteiger partial charge in [0.05, 0.1) is 5.02 Å². The molecule has 3 rings (SSSR count). The van der Waals surface area contributed by atoms with Gasteiger partial charge in [0.2, 0.25) is 5.95 Å². The van der Waals surface area contributed by atoms with Crippen molar-refractivity contribution in [3.63, 3.8) is 0 Å². The minimum atomic E-state index is -0.833. The number of carboxylic acids is 1. The van der Waals surface area contributed by atoms with Gasteiger partial charge in [-0.2, -0.15) is 4.98 Å². The van der Waals surface area contributed by atoms with E-state index in [1.54, 1.807) is 6.07 Å². The summed E-state index contributed by atoms with van der Waals surface area (Å²) >= 11 is 6.10. The van der Waals surface area contributed by atoms with Crippen molar-refractivity contribution < 1.29 is 14.3 Å². The van der Waals surface area contributed by atoms with Gasteiger partial charge in [0.15, 0.2) is 11.6 Å². The van der Waals surface area contributed by atoms with E-state index in [-0.39, 0.29) is 5.95 Å². The van der Waals surface area contributed by atoms with Gasteiger partial charge in [-0.15, -0.1) is 5.10 Å². The minimum absolute atomic E-state index is 0.181. The van der Waals surface area contributed by atoms with Crippen LogP contribution in [0.15, 0.2) is 40.8 Å². The van der Waals surface area contributed by atoms with Crippen molar-refractivity contribution in [2.45, 2.75) is 6.92 Å². The highest BCUT2D eigenvalue weighted by atomic mass is 35.5. The lowest BCUT2D eigenvalue weighted by Crippen LogP contribution is -1.85. The second-order valence-corrected chi connectivity index (χ2v) is 4.61. The predicted octanol–water partition coefficient (Wildman–Crippen LogP) is 3.06. The average molecular weight is 321 g/mol. The van der Waals surface area contributed by atoms with E-state index in [0.29, 0.717) is 22.4 Å². The summed E-state index contributed by atoms with van der Waals surface area (Å²) in [7, 11) is 0. The Morgan fingerprint density at radius 2 is 1.91 bits per heavy atom. The molecule has 0 fully saturated rings. The summed E-state index contributed by atoms with van der Waals surface area (Å²) < 4.78 is 5.68. The molecule has 2 aromatic heterocycles. The fourth-order valence-corrected chi connectivity index (χ4v) is 1.88. The molecule has 0 radical (unpaired) electrons. The zero-order chi connectivity index (χ0) is 16.1. The van der Waals surface area contributed by atoms with Crippen LogP contribution in [0.4, 0.5) is 5.95 Å². The van der Waals surface area contributed by atoms with Crippen LogP contribution in [-0.4, -0.2) is 26.3 Å². The molecule has 7 nitrogen and oxygen atoms in total. The van der Waals surface area contributed by atoms with Crippen LogP contribution < -0.4 is 5.73 Å². The summed E-state index contributed by atoms with van der Waals surface area (Å²) in [6, 6.07) is 11.1. The number of H-pyrrole nitrogens is 1. The van der Waals surface area contributed by atoms with E-state index in [1.165, 1.54) is 0 Å². The predicted molar refractivity (Wildman–Crippen MR) is 82.3 cm³/mol.